The molecule has 0 atom stereocenters. The van der Waals surface area contributed by atoms with Crippen molar-refractivity contribution >= 4 is 15.3 Å². The third-order valence-electron chi connectivity index (χ3n) is 1.67. The Morgan fingerprint density at radius 3 is 2.91 bits per heavy atom. The SMILES string of the molecule is [Ti]=[CH]c1coc2ccccc12. The van der Waals surface area contributed by atoms with Gasteiger partial charge in [-0.05, 0) is 0 Å². The molecule has 0 amide bonds. The number of rotatable bonds is 1. The van der Waals surface area contributed by atoms with Crippen molar-refractivity contribution in [3.05, 3.63) is 36.1 Å². The van der Waals surface area contributed by atoms with Gasteiger partial charge in [0, 0.05) is 0 Å². The Labute approximate surface area is 75.9 Å². The summed E-state index contributed by atoms with van der Waals surface area (Å²) in [6.07, 6.45) is 1.78. The molecule has 0 spiro atoms. The minimum absolute atomic E-state index is 0.959. The van der Waals surface area contributed by atoms with Crippen molar-refractivity contribution in [3.63, 3.8) is 0 Å². The van der Waals surface area contributed by atoms with Crippen molar-refractivity contribution in [2.45, 2.75) is 0 Å². The first-order valence-corrected chi connectivity index (χ1v) is 4.28. The summed E-state index contributed by atoms with van der Waals surface area (Å²) < 4.78 is 7.36. The molecule has 2 heteroatoms. The number of hydrogen-bond acceptors (Lipinski definition) is 1. The van der Waals surface area contributed by atoms with Gasteiger partial charge in [0.1, 0.15) is 0 Å². The maximum absolute atomic E-state index is 5.31. The quantitative estimate of drug-likeness (QED) is 0.609. The summed E-state index contributed by atoms with van der Waals surface area (Å²) in [6.45, 7) is 0. The van der Waals surface area contributed by atoms with Crippen LogP contribution in [0.3, 0.4) is 0 Å². The molecule has 1 heterocycles. The van der Waals surface area contributed by atoms with Crippen molar-refractivity contribution in [1.82, 2.24) is 0 Å². The Morgan fingerprint density at radius 1 is 1.27 bits per heavy atom. The van der Waals surface area contributed by atoms with Crippen molar-refractivity contribution in [1.29, 1.82) is 0 Å². The van der Waals surface area contributed by atoms with Crippen LogP contribution in [0.25, 0.3) is 11.0 Å². The van der Waals surface area contributed by atoms with Crippen LogP contribution in [0, 0.1) is 0 Å². The topological polar surface area (TPSA) is 13.1 Å². The number of furan rings is 1. The fourth-order valence-electron chi connectivity index (χ4n) is 1.11. The van der Waals surface area contributed by atoms with E-state index in [1.54, 1.807) is 6.26 Å². The number of benzene rings is 1. The van der Waals surface area contributed by atoms with E-state index in [1.807, 2.05) is 42.5 Å². The van der Waals surface area contributed by atoms with Crippen LogP contribution in [0.2, 0.25) is 0 Å². The van der Waals surface area contributed by atoms with E-state index in [-0.39, 0.29) is 0 Å². The molecule has 1 aromatic heterocycles. The van der Waals surface area contributed by atoms with Gasteiger partial charge in [0.2, 0.25) is 0 Å². The zero-order valence-corrected chi connectivity index (χ0v) is 7.43. The third kappa shape index (κ3) is 1.11. The van der Waals surface area contributed by atoms with Crippen LogP contribution in [0.1, 0.15) is 5.56 Å². The second kappa shape index (κ2) is 2.76. The van der Waals surface area contributed by atoms with E-state index in [0.29, 0.717) is 0 Å². The Hall–Kier alpha value is -0.656. The van der Waals surface area contributed by atoms with E-state index in [1.165, 1.54) is 10.9 Å². The van der Waals surface area contributed by atoms with Crippen molar-refractivity contribution in [2.24, 2.45) is 0 Å². The van der Waals surface area contributed by atoms with Crippen LogP contribution in [0.5, 0.6) is 0 Å². The standard InChI is InChI=1S/C9H6O.Ti/c1-7-6-10-9-5-3-2-4-8(7)9;/h1-6H;. The molecule has 0 fully saturated rings. The van der Waals surface area contributed by atoms with Crippen LogP contribution >= 0.6 is 0 Å². The first-order chi connectivity index (χ1) is 5.42. The Bertz CT molecular complexity index is 389. The van der Waals surface area contributed by atoms with Gasteiger partial charge in [-0.15, -0.1) is 0 Å². The Balaban J connectivity index is 2.86. The fourth-order valence-corrected chi connectivity index (χ4v) is 1.46. The van der Waals surface area contributed by atoms with E-state index in [0.717, 1.165) is 5.58 Å². The molecule has 0 unspecified atom stereocenters. The fraction of sp³-hybridized carbons (Fsp3) is 0. The molecule has 0 aliphatic rings. The molecule has 11 heavy (non-hydrogen) atoms. The number of para-hydroxylation sites is 1. The summed E-state index contributed by atoms with van der Waals surface area (Å²) in [6, 6.07) is 8.03. The van der Waals surface area contributed by atoms with E-state index < -0.39 is 0 Å². The van der Waals surface area contributed by atoms with E-state index in [2.05, 4.69) is 6.07 Å². The minimum atomic E-state index is 0.959. The molecule has 1 nitrogen and oxygen atoms in total. The summed E-state index contributed by atoms with van der Waals surface area (Å²) in [5.74, 6) is 0. The van der Waals surface area contributed by atoms with E-state index in [9.17, 15) is 0 Å². The van der Waals surface area contributed by atoms with Gasteiger partial charge in [-0.25, -0.2) is 0 Å². The van der Waals surface area contributed by atoms with Gasteiger partial charge in [-0.3, -0.25) is 0 Å². The van der Waals surface area contributed by atoms with Gasteiger partial charge >= 0.3 is 75.8 Å². The molecule has 2 rings (SSSR count). The zero-order chi connectivity index (χ0) is 7.68. The molecular formula is C9H6OTi. The molecule has 2 aromatic rings. The Kier molecular flexibility index (Phi) is 1.76. The molecule has 0 bridgehead atoms. The van der Waals surface area contributed by atoms with Gasteiger partial charge in [0.15, 0.2) is 0 Å². The molecule has 0 radical (unpaired) electrons. The number of fused-ring (bicyclic) bond motifs is 1. The molecule has 0 aliphatic heterocycles. The van der Waals surface area contributed by atoms with Crippen LogP contribution in [-0.4, -0.2) is 4.31 Å². The molecule has 0 saturated carbocycles. The summed E-state index contributed by atoms with van der Waals surface area (Å²) >= 11 is 2.01. The zero-order valence-electron chi connectivity index (χ0n) is 5.87. The summed E-state index contributed by atoms with van der Waals surface area (Å²) in [5, 5.41) is 1.19. The van der Waals surface area contributed by atoms with Crippen molar-refractivity contribution in [3.8, 4) is 0 Å². The molecule has 0 saturated heterocycles. The van der Waals surface area contributed by atoms with Gasteiger partial charge in [-0.1, -0.05) is 0 Å². The molecule has 0 aliphatic carbocycles. The van der Waals surface area contributed by atoms with E-state index in [4.69, 9.17) is 4.42 Å². The summed E-state index contributed by atoms with van der Waals surface area (Å²) in [7, 11) is 0. The van der Waals surface area contributed by atoms with E-state index >= 15 is 0 Å². The van der Waals surface area contributed by atoms with Crippen LogP contribution in [0.15, 0.2) is 34.9 Å². The van der Waals surface area contributed by atoms with Crippen LogP contribution in [0.4, 0.5) is 0 Å². The van der Waals surface area contributed by atoms with Gasteiger partial charge < -0.3 is 0 Å². The Morgan fingerprint density at radius 2 is 2.09 bits per heavy atom. The average molecular weight is 178 g/mol. The monoisotopic (exact) mass is 178 g/mol. The molecular weight excluding hydrogens is 172 g/mol. The predicted molar refractivity (Wildman–Crippen MR) is 41.4 cm³/mol. The van der Waals surface area contributed by atoms with Crippen LogP contribution < -0.4 is 0 Å². The van der Waals surface area contributed by atoms with Gasteiger partial charge in [-0.2, -0.15) is 0 Å². The van der Waals surface area contributed by atoms with Crippen molar-refractivity contribution in [2.75, 3.05) is 0 Å². The predicted octanol–water partition coefficient (Wildman–Crippen LogP) is 2.13. The third-order valence-corrected chi connectivity index (χ3v) is 2.15. The van der Waals surface area contributed by atoms with Crippen LogP contribution in [-0.2, 0) is 20.0 Å². The second-order valence-electron chi connectivity index (χ2n) is 2.33. The average Bonchev–Trinajstić information content (AvgIpc) is 2.47. The van der Waals surface area contributed by atoms with Gasteiger partial charge in [0.25, 0.3) is 0 Å². The second-order valence-corrected chi connectivity index (χ2v) is 2.78. The summed E-state index contributed by atoms with van der Waals surface area (Å²) in [5.41, 5.74) is 2.13. The molecule has 0 N–H and O–H groups in total. The van der Waals surface area contributed by atoms with Gasteiger partial charge in [0.05, 0.1) is 0 Å². The summed E-state index contributed by atoms with van der Waals surface area (Å²) in [4.78, 5) is 0. The first-order valence-electron chi connectivity index (χ1n) is 3.38. The van der Waals surface area contributed by atoms with Crippen molar-refractivity contribution < 1.29 is 24.4 Å². The normalized spacial score (nSPS) is 10.1. The number of hydrogen-bond donors (Lipinski definition) is 0. The first kappa shape index (κ1) is 7.02. The maximum atomic E-state index is 5.31. The molecule has 52 valence electrons. The molecule has 1 aromatic carbocycles.